The van der Waals surface area contributed by atoms with Gasteiger partial charge in [0.2, 0.25) is 5.91 Å². The van der Waals surface area contributed by atoms with Gasteiger partial charge in [-0.15, -0.1) is 0 Å². The minimum atomic E-state index is -0.281. The van der Waals surface area contributed by atoms with Gasteiger partial charge < -0.3 is 10.6 Å². The number of carbonyl (C=O) groups is 1. The van der Waals surface area contributed by atoms with Crippen molar-refractivity contribution in [2.24, 2.45) is 5.41 Å². The minimum Gasteiger partial charge on any atom is -0.324 e. The van der Waals surface area contributed by atoms with Crippen LogP contribution in [0.4, 0.5) is 5.69 Å². The van der Waals surface area contributed by atoms with Crippen molar-refractivity contribution >= 4 is 39.1 Å². The zero-order chi connectivity index (χ0) is 13.9. The van der Waals surface area contributed by atoms with E-state index in [1.807, 2.05) is 6.07 Å². The fourth-order valence-electron chi connectivity index (χ4n) is 2.59. The second kappa shape index (κ2) is 6.25. The molecule has 0 spiro atoms. The summed E-state index contributed by atoms with van der Waals surface area (Å²) in [6.45, 7) is 3.78. The summed E-state index contributed by atoms with van der Waals surface area (Å²) in [6.07, 6.45) is 2.81. The number of hydrogen-bond acceptors (Lipinski definition) is 2. The molecule has 1 aliphatic heterocycles. The standard InChI is InChI=1S/C14H18BrClN2O/c1-2-5-14(6-7-17-9-14)13(19)18-12-8-10(16)3-4-11(12)15/h3-4,8,17H,2,5-7,9H2,1H3,(H,18,19). The fraction of sp³-hybridized carbons (Fsp3) is 0.500. The third kappa shape index (κ3) is 3.30. The van der Waals surface area contributed by atoms with Gasteiger partial charge in [0, 0.05) is 16.0 Å². The third-order valence-corrected chi connectivity index (χ3v) is 4.56. The van der Waals surface area contributed by atoms with E-state index in [-0.39, 0.29) is 11.3 Å². The van der Waals surface area contributed by atoms with Crippen molar-refractivity contribution in [1.82, 2.24) is 5.32 Å². The number of amides is 1. The monoisotopic (exact) mass is 344 g/mol. The predicted molar refractivity (Wildman–Crippen MR) is 82.6 cm³/mol. The average molecular weight is 346 g/mol. The highest BCUT2D eigenvalue weighted by atomic mass is 79.9. The number of hydrogen-bond donors (Lipinski definition) is 2. The maximum absolute atomic E-state index is 12.6. The Morgan fingerprint density at radius 2 is 2.37 bits per heavy atom. The number of rotatable bonds is 4. The molecule has 0 aliphatic carbocycles. The van der Waals surface area contributed by atoms with Gasteiger partial charge in [0.05, 0.1) is 11.1 Å². The molecule has 1 aromatic rings. The maximum atomic E-state index is 12.6. The zero-order valence-electron chi connectivity index (χ0n) is 10.9. The van der Waals surface area contributed by atoms with Crippen LogP contribution in [0, 0.1) is 5.41 Å². The fourth-order valence-corrected chi connectivity index (χ4v) is 3.11. The van der Waals surface area contributed by atoms with Gasteiger partial charge in [0.25, 0.3) is 0 Å². The van der Waals surface area contributed by atoms with Crippen molar-refractivity contribution in [2.75, 3.05) is 18.4 Å². The van der Waals surface area contributed by atoms with Crippen LogP contribution >= 0.6 is 27.5 Å². The van der Waals surface area contributed by atoms with Crippen molar-refractivity contribution in [3.8, 4) is 0 Å². The second-order valence-corrected chi connectivity index (χ2v) is 6.33. The van der Waals surface area contributed by atoms with Gasteiger partial charge in [-0.25, -0.2) is 0 Å². The quantitative estimate of drug-likeness (QED) is 0.871. The molecule has 2 N–H and O–H groups in total. The summed E-state index contributed by atoms with van der Waals surface area (Å²) in [5, 5.41) is 6.92. The highest BCUT2D eigenvalue weighted by molar-refractivity contribution is 9.10. The molecule has 1 fully saturated rings. The van der Waals surface area contributed by atoms with Gasteiger partial charge >= 0.3 is 0 Å². The normalized spacial score (nSPS) is 22.5. The van der Waals surface area contributed by atoms with Crippen LogP contribution in [-0.2, 0) is 4.79 Å². The lowest BCUT2D eigenvalue weighted by atomic mass is 9.81. The Labute approximate surface area is 127 Å². The molecule has 1 aliphatic rings. The van der Waals surface area contributed by atoms with Crippen molar-refractivity contribution < 1.29 is 4.79 Å². The SMILES string of the molecule is CCCC1(C(=O)Nc2cc(Cl)ccc2Br)CCNC1. The Morgan fingerprint density at radius 1 is 1.58 bits per heavy atom. The molecule has 1 atom stereocenters. The maximum Gasteiger partial charge on any atom is 0.231 e. The number of halogens is 2. The molecule has 19 heavy (non-hydrogen) atoms. The molecule has 0 radical (unpaired) electrons. The second-order valence-electron chi connectivity index (χ2n) is 5.04. The molecule has 3 nitrogen and oxygen atoms in total. The van der Waals surface area contributed by atoms with E-state index in [0.29, 0.717) is 5.02 Å². The van der Waals surface area contributed by atoms with Gasteiger partial charge in [-0.3, -0.25) is 4.79 Å². The van der Waals surface area contributed by atoms with E-state index in [9.17, 15) is 4.79 Å². The molecule has 1 amide bonds. The van der Waals surface area contributed by atoms with Gasteiger partial charge in [-0.1, -0.05) is 24.9 Å². The lowest BCUT2D eigenvalue weighted by molar-refractivity contribution is -0.125. The predicted octanol–water partition coefficient (Wildman–Crippen LogP) is 3.82. The number of carbonyl (C=O) groups excluding carboxylic acids is 1. The van der Waals surface area contributed by atoms with Crippen molar-refractivity contribution in [1.29, 1.82) is 0 Å². The van der Waals surface area contributed by atoms with E-state index in [1.165, 1.54) is 0 Å². The first-order valence-corrected chi connectivity index (χ1v) is 7.72. The number of benzene rings is 1. The number of nitrogens with one attached hydrogen (secondary N) is 2. The summed E-state index contributed by atoms with van der Waals surface area (Å²) >= 11 is 9.41. The number of anilines is 1. The van der Waals surface area contributed by atoms with Crippen LogP contribution in [0.25, 0.3) is 0 Å². The van der Waals surface area contributed by atoms with Crippen LogP contribution in [0.15, 0.2) is 22.7 Å². The third-order valence-electron chi connectivity index (χ3n) is 3.63. The molecule has 0 aromatic heterocycles. The average Bonchev–Trinajstić information content (AvgIpc) is 2.84. The molecule has 0 bridgehead atoms. The first kappa shape index (κ1) is 14.8. The van der Waals surface area contributed by atoms with E-state index in [1.54, 1.807) is 12.1 Å². The van der Waals surface area contributed by atoms with E-state index in [0.717, 1.165) is 42.5 Å². The van der Waals surface area contributed by atoms with Gasteiger partial charge in [-0.2, -0.15) is 0 Å². The Kier molecular flexibility index (Phi) is 4.87. The van der Waals surface area contributed by atoms with E-state index in [4.69, 9.17) is 11.6 Å². The molecule has 1 aromatic carbocycles. The van der Waals surface area contributed by atoms with Crippen molar-refractivity contribution in [3.05, 3.63) is 27.7 Å². The lowest BCUT2D eigenvalue weighted by Gasteiger charge is -2.26. The van der Waals surface area contributed by atoms with Crippen LogP contribution in [-0.4, -0.2) is 19.0 Å². The topological polar surface area (TPSA) is 41.1 Å². The van der Waals surface area contributed by atoms with Gasteiger partial charge in [0.1, 0.15) is 0 Å². The highest BCUT2D eigenvalue weighted by Gasteiger charge is 2.40. The molecular formula is C14H18BrClN2O. The Bertz CT molecular complexity index is 473. The van der Waals surface area contributed by atoms with Crippen LogP contribution in [0.1, 0.15) is 26.2 Å². The van der Waals surface area contributed by atoms with Gasteiger partial charge in [-0.05, 0) is 53.5 Å². The molecular weight excluding hydrogens is 328 g/mol. The minimum absolute atomic E-state index is 0.0855. The van der Waals surface area contributed by atoms with Crippen LogP contribution in [0.3, 0.4) is 0 Å². The summed E-state index contributed by atoms with van der Waals surface area (Å²) in [7, 11) is 0. The van der Waals surface area contributed by atoms with E-state index < -0.39 is 0 Å². The molecule has 0 saturated carbocycles. The summed E-state index contributed by atoms with van der Waals surface area (Å²) < 4.78 is 0.850. The lowest BCUT2D eigenvalue weighted by Crippen LogP contribution is -2.38. The molecule has 1 heterocycles. The smallest absolute Gasteiger partial charge is 0.231 e. The summed E-state index contributed by atoms with van der Waals surface area (Å²) in [5.41, 5.74) is 0.455. The molecule has 1 saturated heterocycles. The Hall–Kier alpha value is -0.580. The highest BCUT2D eigenvalue weighted by Crippen LogP contribution is 2.34. The zero-order valence-corrected chi connectivity index (χ0v) is 13.3. The molecule has 5 heteroatoms. The van der Waals surface area contributed by atoms with Crippen LogP contribution in [0.2, 0.25) is 5.02 Å². The van der Waals surface area contributed by atoms with E-state index in [2.05, 4.69) is 33.5 Å². The Balaban J connectivity index is 2.17. The molecule has 2 rings (SSSR count). The first-order valence-electron chi connectivity index (χ1n) is 6.54. The Morgan fingerprint density at radius 3 is 3.00 bits per heavy atom. The summed E-state index contributed by atoms with van der Waals surface area (Å²) in [4.78, 5) is 12.6. The summed E-state index contributed by atoms with van der Waals surface area (Å²) in [5.74, 6) is 0.0855. The van der Waals surface area contributed by atoms with Crippen LogP contribution in [0.5, 0.6) is 0 Å². The molecule has 104 valence electrons. The first-order chi connectivity index (χ1) is 9.07. The van der Waals surface area contributed by atoms with E-state index >= 15 is 0 Å². The van der Waals surface area contributed by atoms with Crippen molar-refractivity contribution in [2.45, 2.75) is 26.2 Å². The van der Waals surface area contributed by atoms with Crippen molar-refractivity contribution in [3.63, 3.8) is 0 Å². The largest absolute Gasteiger partial charge is 0.324 e. The van der Waals surface area contributed by atoms with Crippen LogP contribution < -0.4 is 10.6 Å². The van der Waals surface area contributed by atoms with Gasteiger partial charge in [0.15, 0.2) is 0 Å². The summed E-state index contributed by atoms with van der Waals surface area (Å²) in [6, 6.07) is 5.41. The molecule has 1 unspecified atom stereocenters.